The molecule has 28 heavy (non-hydrogen) atoms. The molecule has 1 unspecified atom stereocenters. The molecule has 7 nitrogen and oxygen atoms in total. The normalized spacial score (nSPS) is 17.1. The summed E-state index contributed by atoms with van der Waals surface area (Å²) in [5.74, 6) is 1.44. The molecule has 5 rings (SSSR count). The zero-order valence-electron chi connectivity index (χ0n) is 15.4. The molecule has 1 aromatic carbocycles. The number of benzene rings is 1. The minimum atomic E-state index is -0.137. The molecule has 0 aliphatic carbocycles. The van der Waals surface area contributed by atoms with Gasteiger partial charge >= 0.3 is 0 Å². The van der Waals surface area contributed by atoms with Crippen molar-refractivity contribution in [1.82, 2.24) is 14.3 Å². The lowest BCUT2D eigenvalue weighted by Gasteiger charge is -2.28. The van der Waals surface area contributed by atoms with Gasteiger partial charge in [0.15, 0.2) is 11.5 Å². The van der Waals surface area contributed by atoms with E-state index < -0.39 is 0 Å². The fourth-order valence-electron chi connectivity index (χ4n) is 3.85. The van der Waals surface area contributed by atoms with Crippen molar-refractivity contribution < 1.29 is 19.0 Å². The zero-order chi connectivity index (χ0) is 18.9. The number of hydrogen-bond donors (Lipinski definition) is 0. The van der Waals surface area contributed by atoms with E-state index in [0.29, 0.717) is 32.7 Å². The summed E-state index contributed by atoms with van der Waals surface area (Å²) >= 11 is 0. The molecular weight excluding hydrogens is 358 g/mol. The van der Waals surface area contributed by atoms with E-state index in [-0.39, 0.29) is 18.6 Å². The first-order valence-corrected chi connectivity index (χ1v) is 9.46. The van der Waals surface area contributed by atoms with E-state index in [1.165, 1.54) is 0 Å². The van der Waals surface area contributed by atoms with Crippen LogP contribution < -0.4 is 9.47 Å². The summed E-state index contributed by atoms with van der Waals surface area (Å²) in [6, 6.07) is 11.8. The molecule has 0 bridgehead atoms. The van der Waals surface area contributed by atoms with Gasteiger partial charge in [-0.3, -0.25) is 4.79 Å². The molecule has 0 spiro atoms. The van der Waals surface area contributed by atoms with Crippen LogP contribution in [0.15, 0.2) is 48.8 Å². The number of amides is 1. The molecule has 4 heterocycles. The average molecular weight is 379 g/mol. The van der Waals surface area contributed by atoms with Crippen molar-refractivity contribution in [3.05, 3.63) is 60.0 Å². The van der Waals surface area contributed by atoms with Crippen molar-refractivity contribution in [2.24, 2.45) is 0 Å². The summed E-state index contributed by atoms with van der Waals surface area (Å²) in [5.41, 5.74) is 2.86. The monoisotopic (exact) mass is 379 g/mol. The lowest BCUT2D eigenvalue weighted by molar-refractivity contribution is -0.135. The second-order valence-corrected chi connectivity index (χ2v) is 6.97. The lowest BCUT2D eigenvalue weighted by atomic mass is 9.91. The van der Waals surface area contributed by atoms with Gasteiger partial charge in [0.25, 0.3) is 0 Å². The van der Waals surface area contributed by atoms with E-state index in [1.54, 1.807) is 0 Å². The number of carbonyl (C=O) groups is 1. The van der Waals surface area contributed by atoms with Gasteiger partial charge in [0.05, 0.1) is 18.9 Å². The number of rotatable bonds is 4. The van der Waals surface area contributed by atoms with Crippen LogP contribution in [0, 0.1) is 0 Å². The Balaban J connectivity index is 1.53. The van der Waals surface area contributed by atoms with Crippen LogP contribution in [-0.4, -0.2) is 53.3 Å². The third-order valence-electron chi connectivity index (χ3n) is 5.34. The van der Waals surface area contributed by atoms with Crippen LogP contribution >= 0.6 is 0 Å². The number of hydrogen-bond acceptors (Lipinski definition) is 5. The van der Waals surface area contributed by atoms with Gasteiger partial charge < -0.3 is 23.5 Å². The molecule has 144 valence electrons. The quantitative estimate of drug-likeness (QED) is 0.697. The Kier molecular flexibility index (Phi) is 4.37. The van der Waals surface area contributed by atoms with Crippen LogP contribution in [0.3, 0.4) is 0 Å². The van der Waals surface area contributed by atoms with Gasteiger partial charge in [-0.25, -0.2) is 4.98 Å². The topological polar surface area (TPSA) is 65.3 Å². The maximum Gasteiger partial charge on any atom is 0.231 e. The van der Waals surface area contributed by atoms with Crippen LogP contribution in [-0.2, 0) is 9.53 Å². The Labute approximate surface area is 162 Å². The van der Waals surface area contributed by atoms with Crippen molar-refractivity contribution in [2.45, 2.75) is 12.3 Å². The van der Waals surface area contributed by atoms with Crippen molar-refractivity contribution in [2.75, 3.05) is 33.1 Å². The summed E-state index contributed by atoms with van der Waals surface area (Å²) in [7, 11) is 0. The molecule has 1 amide bonds. The van der Waals surface area contributed by atoms with Crippen LogP contribution in [0.1, 0.15) is 23.6 Å². The Morgan fingerprint density at radius 2 is 1.96 bits per heavy atom. The van der Waals surface area contributed by atoms with Gasteiger partial charge in [-0.05, 0) is 29.8 Å². The van der Waals surface area contributed by atoms with Crippen molar-refractivity contribution in [3.63, 3.8) is 0 Å². The molecule has 2 aliphatic heterocycles. The highest BCUT2D eigenvalue weighted by Crippen LogP contribution is 2.38. The second-order valence-electron chi connectivity index (χ2n) is 6.97. The molecular formula is C21H21N3O4. The van der Waals surface area contributed by atoms with E-state index in [4.69, 9.17) is 14.2 Å². The molecule has 2 aliphatic rings. The first kappa shape index (κ1) is 17.1. The maximum atomic E-state index is 13.0. The van der Waals surface area contributed by atoms with E-state index in [2.05, 4.69) is 4.98 Å². The number of fused-ring (bicyclic) bond motifs is 2. The number of nitrogens with zero attached hydrogens (tertiary/aromatic N) is 3. The molecule has 0 N–H and O–H groups in total. The Morgan fingerprint density at radius 3 is 2.86 bits per heavy atom. The number of ether oxygens (including phenoxy) is 3. The average Bonchev–Trinajstić information content (AvgIpc) is 3.39. The predicted octanol–water partition coefficient (Wildman–Crippen LogP) is 2.44. The van der Waals surface area contributed by atoms with E-state index in [0.717, 1.165) is 28.4 Å². The molecule has 0 saturated carbocycles. The van der Waals surface area contributed by atoms with Gasteiger partial charge in [-0.15, -0.1) is 0 Å². The van der Waals surface area contributed by atoms with Crippen molar-refractivity contribution >= 4 is 11.6 Å². The highest BCUT2D eigenvalue weighted by Gasteiger charge is 2.27. The first-order valence-electron chi connectivity index (χ1n) is 9.46. The van der Waals surface area contributed by atoms with E-state index in [9.17, 15) is 4.79 Å². The van der Waals surface area contributed by atoms with E-state index in [1.807, 2.05) is 58.1 Å². The molecule has 0 radical (unpaired) electrons. The predicted molar refractivity (Wildman–Crippen MR) is 102 cm³/mol. The highest BCUT2D eigenvalue weighted by atomic mass is 16.7. The number of morpholine rings is 1. The Hall–Kier alpha value is -3.06. The third kappa shape index (κ3) is 3.07. The summed E-state index contributed by atoms with van der Waals surface area (Å²) in [6.07, 6.45) is 4.20. The van der Waals surface area contributed by atoms with Crippen LogP contribution in [0.4, 0.5) is 0 Å². The van der Waals surface area contributed by atoms with E-state index >= 15 is 0 Å². The molecule has 1 atom stereocenters. The van der Waals surface area contributed by atoms with Crippen molar-refractivity contribution in [3.8, 4) is 11.5 Å². The minimum Gasteiger partial charge on any atom is -0.454 e. The van der Waals surface area contributed by atoms with Crippen LogP contribution in [0.5, 0.6) is 11.5 Å². The Morgan fingerprint density at radius 1 is 1.11 bits per heavy atom. The molecule has 1 saturated heterocycles. The molecule has 2 aromatic heterocycles. The van der Waals surface area contributed by atoms with Gasteiger partial charge in [-0.2, -0.15) is 0 Å². The molecule has 7 heteroatoms. The fraction of sp³-hybridized carbons (Fsp3) is 0.333. The minimum absolute atomic E-state index is 0.122. The highest BCUT2D eigenvalue weighted by molar-refractivity contribution is 5.78. The summed E-state index contributed by atoms with van der Waals surface area (Å²) in [5, 5.41) is 0. The number of aromatic nitrogens is 2. The molecule has 3 aromatic rings. The first-order chi connectivity index (χ1) is 13.8. The Bertz CT molecular complexity index is 1010. The van der Waals surface area contributed by atoms with Gasteiger partial charge in [0.2, 0.25) is 12.7 Å². The van der Waals surface area contributed by atoms with Crippen molar-refractivity contribution in [1.29, 1.82) is 0 Å². The number of carbonyl (C=O) groups excluding carboxylic acids is 1. The third-order valence-corrected chi connectivity index (χ3v) is 5.34. The second kappa shape index (κ2) is 7.16. The number of pyridine rings is 1. The zero-order valence-corrected chi connectivity index (χ0v) is 15.4. The summed E-state index contributed by atoms with van der Waals surface area (Å²) < 4.78 is 18.4. The number of imidazole rings is 1. The standard InChI is InChI=1S/C21H21N3O4/c25-21(23-7-9-26-10-8-23)12-16(15-4-5-18-19(11-15)28-14-27-18)17-13-22-20-3-1-2-6-24(17)20/h1-6,11,13,16H,7-10,12,14H2. The summed E-state index contributed by atoms with van der Waals surface area (Å²) in [6.45, 7) is 2.69. The largest absolute Gasteiger partial charge is 0.454 e. The van der Waals surface area contributed by atoms with Gasteiger partial charge in [0.1, 0.15) is 5.65 Å². The summed E-state index contributed by atoms with van der Waals surface area (Å²) in [4.78, 5) is 19.4. The fourth-order valence-corrected chi connectivity index (χ4v) is 3.85. The van der Waals surface area contributed by atoms with Gasteiger partial charge in [-0.1, -0.05) is 12.1 Å². The van der Waals surface area contributed by atoms with Gasteiger partial charge in [0, 0.05) is 37.8 Å². The van der Waals surface area contributed by atoms with Crippen LogP contribution in [0.25, 0.3) is 5.65 Å². The maximum absolute atomic E-state index is 13.0. The molecule has 1 fully saturated rings. The van der Waals surface area contributed by atoms with Crippen LogP contribution in [0.2, 0.25) is 0 Å². The SMILES string of the molecule is O=C(CC(c1ccc2c(c1)OCO2)c1cnc2ccccn12)N1CCOCC1. The lowest BCUT2D eigenvalue weighted by Crippen LogP contribution is -2.41. The smallest absolute Gasteiger partial charge is 0.231 e.